The summed E-state index contributed by atoms with van der Waals surface area (Å²) in [5.74, 6) is -0.384. The third kappa shape index (κ3) is 3.52. The fraction of sp³-hybridized carbons (Fsp3) is 0.143. The molecule has 1 aromatic heterocycles. The van der Waals surface area contributed by atoms with E-state index in [9.17, 15) is 4.39 Å². The molecule has 0 radical (unpaired) electrons. The van der Waals surface area contributed by atoms with Crippen molar-refractivity contribution in [3.05, 3.63) is 58.1 Å². The van der Waals surface area contributed by atoms with Gasteiger partial charge in [0.2, 0.25) is 0 Å². The van der Waals surface area contributed by atoms with E-state index in [1.807, 2.05) is 12.1 Å². The number of pyridine rings is 1. The number of nitrogens with one attached hydrogen (secondary N) is 1. The van der Waals surface area contributed by atoms with Crippen LogP contribution in [0.1, 0.15) is 11.1 Å². The summed E-state index contributed by atoms with van der Waals surface area (Å²) in [6.07, 6.45) is 4.27. The van der Waals surface area contributed by atoms with Crippen LogP contribution in [0, 0.1) is 5.82 Å². The number of hydrogen-bond donors (Lipinski definition) is 2. The minimum absolute atomic E-state index is 0.166. The Morgan fingerprint density at radius 3 is 2.65 bits per heavy atom. The van der Waals surface area contributed by atoms with Crippen LogP contribution in [0.4, 0.5) is 10.1 Å². The van der Waals surface area contributed by atoms with E-state index in [1.54, 1.807) is 24.5 Å². The second kappa shape index (κ2) is 6.76. The molecule has 20 heavy (non-hydrogen) atoms. The second-order valence-electron chi connectivity index (χ2n) is 4.19. The molecule has 2 aromatic rings. The molecule has 3 nitrogen and oxygen atoms in total. The first-order valence-corrected chi connectivity index (χ1v) is 7.20. The Balaban J connectivity index is 2.04. The molecular formula is C14H13BrFN3S. The predicted molar refractivity (Wildman–Crippen MR) is 86.4 cm³/mol. The van der Waals surface area contributed by atoms with Gasteiger partial charge in [0.15, 0.2) is 5.82 Å². The molecule has 2 rings (SSSR count). The van der Waals surface area contributed by atoms with Gasteiger partial charge in [-0.1, -0.05) is 12.2 Å². The number of nitrogens with zero attached hydrogens (tertiary/aromatic N) is 1. The summed E-state index contributed by atoms with van der Waals surface area (Å²) in [6, 6.07) is 7.21. The summed E-state index contributed by atoms with van der Waals surface area (Å²) in [7, 11) is 0. The molecule has 0 saturated heterocycles. The summed E-state index contributed by atoms with van der Waals surface area (Å²) >= 11 is 8.04. The molecular weight excluding hydrogens is 341 g/mol. The Kier molecular flexibility index (Phi) is 5.03. The Morgan fingerprint density at radius 1 is 1.30 bits per heavy atom. The minimum Gasteiger partial charge on any atom is -0.389 e. The molecule has 3 N–H and O–H groups in total. The lowest BCUT2D eigenvalue weighted by atomic mass is 10.1. The molecule has 0 saturated carbocycles. The van der Waals surface area contributed by atoms with Gasteiger partial charge in [-0.2, -0.15) is 0 Å². The highest BCUT2D eigenvalue weighted by atomic mass is 79.9. The van der Waals surface area contributed by atoms with Crippen LogP contribution in [-0.4, -0.2) is 16.5 Å². The number of halogens is 2. The van der Waals surface area contributed by atoms with E-state index >= 15 is 0 Å². The van der Waals surface area contributed by atoms with E-state index in [-0.39, 0.29) is 10.8 Å². The molecule has 0 aliphatic rings. The monoisotopic (exact) mass is 353 g/mol. The smallest absolute Gasteiger partial charge is 0.161 e. The SMILES string of the molecule is NC(=S)c1ccc(NCCc2ccncc2)c(F)c1Br. The molecule has 0 unspecified atom stereocenters. The van der Waals surface area contributed by atoms with Gasteiger partial charge in [-0.05, 0) is 52.2 Å². The molecule has 6 heteroatoms. The van der Waals surface area contributed by atoms with E-state index in [0.717, 1.165) is 12.0 Å². The van der Waals surface area contributed by atoms with Crippen LogP contribution in [0.25, 0.3) is 0 Å². The molecule has 1 heterocycles. The maximum absolute atomic E-state index is 14.1. The third-order valence-corrected chi connectivity index (χ3v) is 3.82. The number of benzene rings is 1. The quantitative estimate of drug-likeness (QED) is 0.810. The van der Waals surface area contributed by atoms with Crippen molar-refractivity contribution in [1.82, 2.24) is 4.98 Å². The van der Waals surface area contributed by atoms with Gasteiger partial charge in [-0.3, -0.25) is 4.98 Å². The van der Waals surface area contributed by atoms with E-state index in [4.69, 9.17) is 18.0 Å². The highest BCUT2D eigenvalue weighted by Crippen LogP contribution is 2.27. The number of rotatable bonds is 5. The maximum Gasteiger partial charge on any atom is 0.161 e. The zero-order valence-corrected chi connectivity index (χ0v) is 13.0. The Hall–Kier alpha value is -1.53. The molecule has 0 bridgehead atoms. The first-order chi connectivity index (χ1) is 9.59. The first-order valence-electron chi connectivity index (χ1n) is 6.00. The van der Waals surface area contributed by atoms with Crippen molar-refractivity contribution in [3.63, 3.8) is 0 Å². The first kappa shape index (κ1) is 14.9. The summed E-state index contributed by atoms with van der Waals surface area (Å²) in [4.78, 5) is 4.12. The molecule has 0 aliphatic carbocycles. The standard InChI is InChI=1S/C14H13BrFN3S/c15-12-10(14(17)20)1-2-11(13(12)16)19-8-5-9-3-6-18-7-4-9/h1-4,6-7,19H,5,8H2,(H2,17,20). The van der Waals surface area contributed by atoms with Crippen LogP contribution in [0.3, 0.4) is 0 Å². The fourth-order valence-corrected chi connectivity index (χ4v) is 2.63. The summed E-state index contributed by atoms with van der Waals surface area (Å²) < 4.78 is 14.4. The van der Waals surface area contributed by atoms with Gasteiger partial charge in [0.05, 0.1) is 10.2 Å². The van der Waals surface area contributed by atoms with Gasteiger partial charge in [0.1, 0.15) is 4.99 Å². The van der Waals surface area contributed by atoms with Crippen molar-refractivity contribution < 1.29 is 4.39 Å². The van der Waals surface area contributed by atoms with E-state index < -0.39 is 0 Å². The molecule has 0 amide bonds. The lowest BCUT2D eigenvalue weighted by molar-refractivity contribution is 0.623. The summed E-state index contributed by atoms with van der Waals surface area (Å²) in [6.45, 7) is 0.625. The number of nitrogens with two attached hydrogens (primary N) is 1. The van der Waals surface area contributed by atoms with Crippen LogP contribution in [0.5, 0.6) is 0 Å². The van der Waals surface area contributed by atoms with Crippen LogP contribution >= 0.6 is 28.1 Å². The zero-order valence-electron chi connectivity index (χ0n) is 10.6. The van der Waals surface area contributed by atoms with Crippen LogP contribution < -0.4 is 11.1 Å². The van der Waals surface area contributed by atoms with E-state index in [0.29, 0.717) is 22.3 Å². The number of aromatic nitrogens is 1. The fourth-order valence-electron chi connectivity index (χ4n) is 1.77. The second-order valence-corrected chi connectivity index (χ2v) is 5.42. The highest BCUT2D eigenvalue weighted by Gasteiger charge is 2.12. The lowest BCUT2D eigenvalue weighted by Crippen LogP contribution is -2.12. The van der Waals surface area contributed by atoms with Crippen molar-refractivity contribution in [2.45, 2.75) is 6.42 Å². The summed E-state index contributed by atoms with van der Waals surface area (Å²) in [5, 5.41) is 3.06. The van der Waals surface area contributed by atoms with Crippen LogP contribution in [0.2, 0.25) is 0 Å². The van der Waals surface area contributed by atoms with Gasteiger partial charge in [0.25, 0.3) is 0 Å². The van der Waals surface area contributed by atoms with E-state index in [1.165, 1.54) is 0 Å². The number of anilines is 1. The minimum atomic E-state index is -0.384. The van der Waals surface area contributed by atoms with Gasteiger partial charge < -0.3 is 11.1 Å². The van der Waals surface area contributed by atoms with Gasteiger partial charge in [-0.25, -0.2) is 4.39 Å². The van der Waals surface area contributed by atoms with Crippen molar-refractivity contribution in [2.75, 3.05) is 11.9 Å². The Bertz CT molecular complexity index is 619. The van der Waals surface area contributed by atoms with Crippen LogP contribution in [-0.2, 0) is 6.42 Å². The molecule has 0 fully saturated rings. The number of hydrogen-bond acceptors (Lipinski definition) is 3. The average Bonchev–Trinajstić information content (AvgIpc) is 2.44. The van der Waals surface area contributed by atoms with Gasteiger partial charge in [-0.15, -0.1) is 0 Å². The van der Waals surface area contributed by atoms with Gasteiger partial charge in [0, 0.05) is 24.5 Å². The largest absolute Gasteiger partial charge is 0.389 e. The van der Waals surface area contributed by atoms with Crippen molar-refractivity contribution >= 4 is 38.8 Å². The normalized spacial score (nSPS) is 10.3. The molecule has 0 atom stereocenters. The third-order valence-electron chi connectivity index (χ3n) is 2.83. The Labute approximate surface area is 130 Å². The van der Waals surface area contributed by atoms with Gasteiger partial charge >= 0.3 is 0 Å². The molecule has 0 spiro atoms. The zero-order chi connectivity index (χ0) is 14.5. The maximum atomic E-state index is 14.1. The Morgan fingerprint density at radius 2 is 2.00 bits per heavy atom. The molecule has 104 valence electrons. The van der Waals surface area contributed by atoms with Crippen molar-refractivity contribution in [2.24, 2.45) is 5.73 Å². The van der Waals surface area contributed by atoms with Crippen LogP contribution in [0.15, 0.2) is 41.1 Å². The lowest BCUT2D eigenvalue weighted by Gasteiger charge is -2.11. The molecule has 1 aromatic carbocycles. The number of thiocarbonyl (C=S) groups is 1. The highest BCUT2D eigenvalue weighted by molar-refractivity contribution is 9.10. The molecule has 0 aliphatic heterocycles. The topological polar surface area (TPSA) is 50.9 Å². The van der Waals surface area contributed by atoms with Crippen molar-refractivity contribution in [1.29, 1.82) is 0 Å². The van der Waals surface area contributed by atoms with Crippen molar-refractivity contribution in [3.8, 4) is 0 Å². The predicted octanol–water partition coefficient (Wildman–Crippen LogP) is 3.27. The summed E-state index contributed by atoms with van der Waals surface area (Å²) in [5.41, 5.74) is 7.58. The average molecular weight is 354 g/mol. The van der Waals surface area contributed by atoms with E-state index in [2.05, 4.69) is 26.2 Å².